The fourth-order valence-electron chi connectivity index (χ4n) is 3.38. The number of amides is 1. The summed E-state index contributed by atoms with van der Waals surface area (Å²) >= 11 is 6.33. The topological polar surface area (TPSA) is 64.6 Å². The second kappa shape index (κ2) is 8.56. The molecule has 1 atom stereocenters. The van der Waals surface area contributed by atoms with Gasteiger partial charge in [-0.3, -0.25) is 4.79 Å². The van der Waals surface area contributed by atoms with E-state index in [9.17, 15) is 9.59 Å². The van der Waals surface area contributed by atoms with E-state index in [1.807, 2.05) is 0 Å². The Morgan fingerprint density at radius 2 is 1.84 bits per heavy atom. The van der Waals surface area contributed by atoms with E-state index in [4.69, 9.17) is 21.1 Å². The van der Waals surface area contributed by atoms with Gasteiger partial charge in [-0.2, -0.15) is 0 Å². The second-order valence-corrected chi connectivity index (χ2v) is 6.99. The standard InChI is InChI=1S/C19H26ClNO4/c1-4-13-9-11-19(12-10-13,18(23)25-3)21-17(22)16(20)14-5-7-15(24-2)8-6-14/h5-8,13,16H,4,9-12H2,1-3H3,(H,21,22). The molecule has 6 heteroatoms. The maximum atomic E-state index is 12.7. The number of nitrogens with one attached hydrogen (secondary N) is 1. The van der Waals surface area contributed by atoms with Gasteiger partial charge >= 0.3 is 5.97 Å². The van der Waals surface area contributed by atoms with Crippen LogP contribution in [0.5, 0.6) is 5.75 Å². The van der Waals surface area contributed by atoms with E-state index in [0.717, 1.165) is 19.3 Å². The predicted molar refractivity (Wildman–Crippen MR) is 96.7 cm³/mol. The third-order valence-corrected chi connectivity index (χ3v) is 5.56. The predicted octanol–water partition coefficient (Wildman–Crippen LogP) is 3.60. The number of carbonyl (C=O) groups excluding carboxylic acids is 2. The largest absolute Gasteiger partial charge is 0.497 e. The van der Waals surface area contributed by atoms with Gasteiger partial charge in [0.15, 0.2) is 0 Å². The van der Waals surface area contributed by atoms with Crippen LogP contribution < -0.4 is 10.1 Å². The van der Waals surface area contributed by atoms with Gasteiger partial charge in [0.1, 0.15) is 16.7 Å². The van der Waals surface area contributed by atoms with Crippen molar-refractivity contribution < 1.29 is 19.1 Å². The molecule has 1 saturated carbocycles. The average Bonchev–Trinajstić information content (AvgIpc) is 2.67. The molecule has 0 aliphatic heterocycles. The summed E-state index contributed by atoms with van der Waals surface area (Å²) in [6, 6.07) is 6.99. The highest BCUT2D eigenvalue weighted by molar-refractivity contribution is 6.31. The van der Waals surface area contributed by atoms with Crippen molar-refractivity contribution in [3.8, 4) is 5.75 Å². The SMILES string of the molecule is CCC1CCC(NC(=O)C(Cl)c2ccc(OC)cc2)(C(=O)OC)CC1. The minimum atomic E-state index is -0.975. The minimum absolute atomic E-state index is 0.382. The molecule has 5 nitrogen and oxygen atoms in total. The Morgan fingerprint density at radius 1 is 1.24 bits per heavy atom. The highest BCUT2D eigenvalue weighted by Gasteiger charge is 2.44. The Hall–Kier alpha value is -1.75. The number of methoxy groups -OCH3 is 2. The van der Waals surface area contributed by atoms with Crippen LogP contribution in [0.25, 0.3) is 0 Å². The van der Waals surface area contributed by atoms with Crippen LogP contribution in [0.4, 0.5) is 0 Å². The van der Waals surface area contributed by atoms with Gasteiger partial charge in [-0.05, 0) is 49.3 Å². The average molecular weight is 368 g/mol. The van der Waals surface area contributed by atoms with Crippen LogP contribution >= 0.6 is 11.6 Å². The van der Waals surface area contributed by atoms with E-state index in [2.05, 4.69) is 12.2 Å². The monoisotopic (exact) mass is 367 g/mol. The molecule has 1 fully saturated rings. The van der Waals surface area contributed by atoms with Gasteiger partial charge in [-0.1, -0.05) is 25.5 Å². The highest BCUT2D eigenvalue weighted by Crippen LogP contribution is 2.35. The van der Waals surface area contributed by atoms with Crippen LogP contribution in [0.2, 0.25) is 0 Å². The van der Waals surface area contributed by atoms with Crippen LogP contribution in [0.15, 0.2) is 24.3 Å². The van der Waals surface area contributed by atoms with Crippen molar-refractivity contribution in [1.29, 1.82) is 0 Å². The summed E-state index contributed by atoms with van der Waals surface area (Å²) in [7, 11) is 2.93. The zero-order valence-electron chi connectivity index (χ0n) is 15.0. The van der Waals surface area contributed by atoms with Gasteiger partial charge in [0, 0.05) is 0 Å². The molecule has 138 valence electrons. The Bertz CT molecular complexity index is 594. The molecular weight excluding hydrogens is 342 g/mol. The summed E-state index contributed by atoms with van der Waals surface area (Å²) in [4.78, 5) is 25.0. The van der Waals surface area contributed by atoms with Gasteiger partial charge in [-0.15, -0.1) is 11.6 Å². The zero-order chi connectivity index (χ0) is 18.4. The molecule has 0 spiro atoms. The molecule has 1 aliphatic carbocycles. The second-order valence-electron chi connectivity index (χ2n) is 6.55. The molecule has 1 N–H and O–H groups in total. The summed E-state index contributed by atoms with van der Waals surface area (Å²) in [5.74, 6) is 0.501. The summed E-state index contributed by atoms with van der Waals surface area (Å²) in [5, 5.41) is 2.00. The van der Waals surface area contributed by atoms with Gasteiger partial charge < -0.3 is 14.8 Å². The molecule has 0 heterocycles. The first-order chi connectivity index (χ1) is 12.0. The van der Waals surface area contributed by atoms with Crippen molar-refractivity contribution in [2.24, 2.45) is 5.92 Å². The maximum absolute atomic E-state index is 12.7. The van der Waals surface area contributed by atoms with Crippen LogP contribution in [-0.2, 0) is 14.3 Å². The molecule has 0 aromatic heterocycles. The van der Waals surface area contributed by atoms with E-state index >= 15 is 0 Å². The number of carbonyl (C=O) groups is 2. The lowest BCUT2D eigenvalue weighted by Gasteiger charge is -2.38. The minimum Gasteiger partial charge on any atom is -0.497 e. The molecule has 1 aromatic rings. The fraction of sp³-hybridized carbons (Fsp3) is 0.579. The van der Waals surface area contributed by atoms with Crippen LogP contribution in [0.3, 0.4) is 0 Å². The van der Waals surface area contributed by atoms with Crippen molar-refractivity contribution >= 4 is 23.5 Å². The van der Waals surface area contributed by atoms with E-state index in [1.54, 1.807) is 31.4 Å². The number of esters is 1. The van der Waals surface area contributed by atoms with E-state index in [0.29, 0.717) is 30.1 Å². The summed E-state index contributed by atoms with van der Waals surface area (Å²) < 4.78 is 10.1. The molecule has 0 saturated heterocycles. The quantitative estimate of drug-likeness (QED) is 0.616. The lowest BCUT2D eigenvalue weighted by atomic mass is 9.75. The Balaban J connectivity index is 2.12. The van der Waals surface area contributed by atoms with Crippen molar-refractivity contribution in [3.63, 3.8) is 0 Å². The van der Waals surface area contributed by atoms with E-state index < -0.39 is 16.9 Å². The Morgan fingerprint density at radius 3 is 2.32 bits per heavy atom. The van der Waals surface area contributed by atoms with Crippen LogP contribution in [-0.4, -0.2) is 31.6 Å². The first-order valence-corrected chi connectivity index (χ1v) is 9.08. The number of hydrogen-bond donors (Lipinski definition) is 1. The number of ether oxygens (including phenoxy) is 2. The van der Waals surface area contributed by atoms with Gasteiger partial charge in [0.25, 0.3) is 0 Å². The van der Waals surface area contributed by atoms with Crippen molar-refractivity contribution in [3.05, 3.63) is 29.8 Å². The van der Waals surface area contributed by atoms with Gasteiger partial charge in [0.2, 0.25) is 5.91 Å². The Labute approximate surface area is 154 Å². The zero-order valence-corrected chi connectivity index (χ0v) is 15.8. The molecule has 0 radical (unpaired) electrons. The molecule has 0 bridgehead atoms. The lowest BCUT2D eigenvalue weighted by Crippen LogP contribution is -2.57. The molecule has 25 heavy (non-hydrogen) atoms. The van der Waals surface area contributed by atoms with Crippen molar-refractivity contribution in [1.82, 2.24) is 5.32 Å². The normalized spacial score (nSPS) is 24.2. The molecular formula is C19H26ClNO4. The fourth-order valence-corrected chi connectivity index (χ4v) is 3.58. The number of alkyl halides is 1. The molecule has 1 amide bonds. The Kier molecular flexibility index (Phi) is 6.71. The molecule has 1 unspecified atom stereocenters. The van der Waals surface area contributed by atoms with Crippen molar-refractivity contribution in [2.75, 3.05) is 14.2 Å². The van der Waals surface area contributed by atoms with Crippen molar-refractivity contribution in [2.45, 2.75) is 49.9 Å². The number of halogens is 1. The smallest absolute Gasteiger partial charge is 0.331 e. The summed E-state index contributed by atoms with van der Waals surface area (Å²) in [5.41, 5.74) is -0.320. The lowest BCUT2D eigenvalue weighted by molar-refractivity contribution is -0.153. The number of benzene rings is 1. The highest BCUT2D eigenvalue weighted by atomic mass is 35.5. The van der Waals surface area contributed by atoms with Crippen LogP contribution in [0.1, 0.15) is 50.0 Å². The first-order valence-electron chi connectivity index (χ1n) is 8.64. The first kappa shape index (κ1) is 19.6. The summed E-state index contributed by atoms with van der Waals surface area (Å²) in [6.07, 6.45) is 4.02. The molecule has 2 rings (SSSR count). The molecule has 1 aromatic carbocycles. The van der Waals surface area contributed by atoms with E-state index in [1.165, 1.54) is 7.11 Å². The maximum Gasteiger partial charge on any atom is 0.331 e. The molecule has 1 aliphatic rings. The van der Waals surface area contributed by atoms with Crippen LogP contribution in [0, 0.1) is 5.92 Å². The third kappa shape index (κ3) is 4.46. The summed E-state index contributed by atoms with van der Waals surface area (Å²) in [6.45, 7) is 2.15. The van der Waals surface area contributed by atoms with E-state index in [-0.39, 0.29) is 5.91 Å². The third-order valence-electron chi connectivity index (χ3n) is 5.11. The van der Waals surface area contributed by atoms with Gasteiger partial charge in [-0.25, -0.2) is 4.79 Å². The number of rotatable bonds is 6. The van der Waals surface area contributed by atoms with Gasteiger partial charge in [0.05, 0.1) is 14.2 Å². The number of hydrogen-bond acceptors (Lipinski definition) is 4.